The number of nitro benzene ring substituents is 1. The van der Waals surface area contributed by atoms with Crippen molar-refractivity contribution in [2.24, 2.45) is 7.05 Å². The van der Waals surface area contributed by atoms with Crippen LogP contribution in [0.2, 0.25) is 0 Å². The highest BCUT2D eigenvalue weighted by atomic mass is 16.6. The van der Waals surface area contributed by atoms with Crippen LogP contribution in [0.15, 0.2) is 115 Å². The van der Waals surface area contributed by atoms with Crippen LogP contribution >= 0.6 is 0 Å². The third-order valence-electron chi connectivity index (χ3n) is 4.68. The molecule has 0 bridgehead atoms. The Bertz CT molecular complexity index is 1200. The van der Waals surface area contributed by atoms with E-state index in [0.29, 0.717) is 0 Å². The van der Waals surface area contributed by atoms with E-state index in [9.17, 15) is 10.1 Å². The Morgan fingerprint density at radius 1 is 0.614 bits per heavy atom. The van der Waals surface area contributed by atoms with Gasteiger partial charge in [-0.3, -0.25) is 15.1 Å². The highest BCUT2D eigenvalue weighted by Crippen LogP contribution is 2.10. The molecule has 0 amide bonds. The van der Waals surface area contributed by atoms with Gasteiger partial charge in [-0.2, -0.15) is 0 Å². The maximum absolute atomic E-state index is 10.1. The summed E-state index contributed by atoms with van der Waals surface area (Å²) >= 11 is 0. The van der Waals surface area contributed by atoms with E-state index in [0.717, 1.165) is 11.4 Å². The van der Waals surface area contributed by atoms with E-state index in [1.165, 1.54) is 41.5 Å². The lowest BCUT2D eigenvalue weighted by atomic mass is 10.2. The van der Waals surface area contributed by atoms with Crippen LogP contribution in [0, 0.1) is 44.7 Å². The molecule has 242 valence electrons. The second-order valence-electron chi connectivity index (χ2n) is 8.33. The van der Waals surface area contributed by atoms with Crippen molar-refractivity contribution in [2.75, 3.05) is 0 Å². The van der Waals surface area contributed by atoms with Crippen LogP contribution in [0.25, 0.3) is 0 Å². The zero-order valence-corrected chi connectivity index (χ0v) is 23.3. The molecular formula is C35H56N6O3+2. The third kappa shape index (κ3) is 26.0. The molecule has 0 fully saturated rings. The average Bonchev–Trinajstić information content (AvgIpc) is 2.93. The predicted octanol–water partition coefficient (Wildman–Crippen LogP) is 9.34. The minimum atomic E-state index is -0.403. The van der Waals surface area contributed by atoms with Gasteiger partial charge in [0, 0.05) is 48.8 Å². The first kappa shape index (κ1) is 48.8. The van der Waals surface area contributed by atoms with Gasteiger partial charge in [-0.15, -0.1) is 0 Å². The molecule has 0 aliphatic heterocycles. The topological polar surface area (TPSA) is 110 Å². The number of pyridine rings is 2. The minimum Gasteiger partial charge on any atom is -0.265 e. The molecule has 5 aromatic rings. The quantitative estimate of drug-likeness (QED) is 0.0807. The zero-order chi connectivity index (χ0) is 28.9. The van der Waals surface area contributed by atoms with Crippen molar-refractivity contribution in [1.29, 1.82) is 0 Å². The van der Waals surface area contributed by atoms with Gasteiger partial charge in [0.1, 0.15) is 25.5 Å². The number of rotatable bonds is 1. The number of hydrogen-bond donors (Lipinski definition) is 0. The van der Waals surface area contributed by atoms with Gasteiger partial charge in [0.25, 0.3) is 5.69 Å². The van der Waals surface area contributed by atoms with E-state index < -0.39 is 4.92 Å². The van der Waals surface area contributed by atoms with Gasteiger partial charge in [-0.25, -0.2) is 23.9 Å². The van der Waals surface area contributed by atoms with Crippen LogP contribution in [-0.4, -0.2) is 24.9 Å². The summed E-state index contributed by atoms with van der Waals surface area (Å²) < 4.78 is 6.78. The summed E-state index contributed by atoms with van der Waals surface area (Å²) in [6.07, 6.45) is 13.9. The number of aromatic nitrogens is 5. The van der Waals surface area contributed by atoms with Gasteiger partial charge >= 0.3 is 12.5 Å². The summed E-state index contributed by atoms with van der Waals surface area (Å²) in [4.78, 5) is 24.7. The van der Waals surface area contributed by atoms with Crippen LogP contribution in [0.5, 0.6) is 0 Å². The van der Waals surface area contributed by atoms with Gasteiger partial charge in [-0.1, -0.05) is 54.8 Å². The lowest BCUT2D eigenvalue weighted by Gasteiger charge is -1.90. The van der Waals surface area contributed by atoms with Gasteiger partial charge in [0.15, 0.2) is 12.4 Å². The number of aryl methyl sites for hydroxylation is 6. The van der Waals surface area contributed by atoms with E-state index in [1.807, 2.05) is 76.0 Å². The summed E-state index contributed by atoms with van der Waals surface area (Å²) in [6, 6.07) is 18.4. The molecule has 4 aromatic heterocycles. The SMILES string of the molecule is C.C.C.C.C.Cc1cc[n+](C)cc1.Cc1cc[o+]cc1.Cc1ccc([N+](=O)[O-])cc1.Cc1ccncc1.Cc1ncncn1. The second kappa shape index (κ2) is 29.6. The number of hydrogen-bond acceptors (Lipinski definition) is 6. The van der Waals surface area contributed by atoms with Crippen LogP contribution in [0.3, 0.4) is 0 Å². The standard InChI is InChI=1S/C7H7NO2.C7H10N.C6H7N.C6H7O.C4H5N3.5CH4/c1-6-2-4-7(5-3-6)8(9)10;1-7-3-5-8(2)6-4-7;2*1-6-2-4-7-5-3-6;1-4-6-2-5-3-7-4;;;;;/h2-5H,1H3;3-6H,1-2H3;2*2-5H,1H3;2-3H,1H3;5*1H4/q;+1;;+1;;;;;;. The lowest BCUT2D eigenvalue weighted by molar-refractivity contribution is -0.671. The van der Waals surface area contributed by atoms with Crippen molar-refractivity contribution < 1.29 is 13.9 Å². The Kier molecular flexibility index (Phi) is 32.8. The van der Waals surface area contributed by atoms with E-state index in [2.05, 4.69) is 39.0 Å². The molecule has 0 radical (unpaired) electrons. The molecule has 1 aromatic carbocycles. The first-order valence-corrected chi connectivity index (χ1v) is 12.1. The fraction of sp³-hybridized carbons (Fsp3) is 0.314. The average molecular weight is 609 g/mol. The molecule has 0 atom stereocenters. The summed E-state index contributed by atoms with van der Waals surface area (Å²) in [5, 5.41) is 10.1. The normalized spacial score (nSPS) is 7.95. The van der Waals surface area contributed by atoms with Gasteiger partial charge in [0.2, 0.25) is 0 Å². The fourth-order valence-electron chi connectivity index (χ4n) is 2.36. The summed E-state index contributed by atoms with van der Waals surface area (Å²) in [5.41, 5.74) is 4.97. The van der Waals surface area contributed by atoms with E-state index in [-0.39, 0.29) is 42.8 Å². The number of nitro groups is 1. The molecule has 4 heterocycles. The molecule has 0 aliphatic rings. The van der Waals surface area contributed by atoms with Crippen LogP contribution < -0.4 is 4.57 Å². The molecule has 0 N–H and O–H groups in total. The smallest absolute Gasteiger partial charge is 0.265 e. The number of non-ortho nitro benzene ring substituents is 1. The minimum absolute atomic E-state index is 0. The molecule has 0 saturated carbocycles. The maximum atomic E-state index is 10.1. The third-order valence-corrected chi connectivity index (χ3v) is 4.68. The highest BCUT2D eigenvalue weighted by molar-refractivity contribution is 5.32. The Morgan fingerprint density at radius 2 is 1.02 bits per heavy atom. The summed E-state index contributed by atoms with van der Waals surface area (Å²) in [6.45, 7) is 9.86. The number of nitrogens with zero attached hydrogens (tertiary/aromatic N) is 6. The largest absolute Gasteiger partial charge is 0.318 e. The molecular weight excluding hydrogens is 552 g/mol. The van der Waals surface area contributed by atoms with Crippen molar-refractivity contribution in [1.82, 2.24) is 19.9 Å². The van der Waals surface area contributed by atoms with E-state index in [4.69, 9.17) is 4.42 Å². The molecule has 0 saturated heterocycles. The maximum Gasteiger partial charge on any atom is 0.318 e. The van der Waals surface area contributed by atoms with Crippen molar-refractivity contribution >= 4 is 5.69 Å². The van der Waals surface area contributed by atoms with Crippen LogP contribution in [0.4, 0.5) is 5.69 Å². The second-order valence-corrected chi connectivity index (χ2v) is 8.33. The molecule has 0 unspecified atom stereocenters. The van der Waals surface area contributed by atoms with Gasteiger partial charge in [-0.05, 0) is 63.4 Å². The summed E-state index contributed by atoms with van der Waals surface area (Å²) in [5.74, 6) is 0.759. The van der Waals surface area contributed by atoms with E-state index in [1.54, 1.807) is 37.1 Å². The molecule has 9 heteroatoms. The Balaban J connectivity index is -0.000000141. The first-order valence-electron chi connectivity index (χ1n) is 12.1. The lowest BCUT2D eigenvalue weighted by Crippen LogP contribution is -2.25. The summed E-state index contributed by atoms with van der Waals surface area (Å²) in [7, 11) is 2.01. The Morgan fingerprint density at radius 3 is 1.32 bits per heavy atom. The molecule has 44 heavy (non-hydrogen) atoms. The molecule has 9 nitrogen and oxygen atoms in total. The number of benzene rings is 1. The van der Waals surface area contributed by atoms with Crippen LogP contribution in [0.1, 0.15) is 65.2 Å². The van der Waals surface area contributed by atoms with Crippen molar-refractivity contribution in [3.05, 3.63) is 149 Å². The Hall–Kier alpha value is -4.92. The Labute approximate surface area is 266 Å². The molecule has 0 spiro atoms. The van der Waals surface area contributed by atoms with Crippen molar-refractivity contribution in [2.45, 2.75) is 71.8 Å². The monoisotopic (exact) mass is 608 g/mol. The van der Waals surface area contributed by atoms with Crippen molar-refractivity contribution in [3.63, 3.8) is 0 Å². The van der Waals surface area contributed by atoms with E-state index >= 15 is 0 Å². The first-order chi connectivity index (χ1) is 18.7. The predicted molar refractivity (Wildman–Crippen MR) is 185 cm³/mol. The molecule has 0 aliphatic carbocycles. The highest BCUT2D eigenvalue weighted by Gasteiger charge is 2.00. The fourth-order valence-corrected chi connectivity index (χ4v) is 2.36. The van der Waals surface area contributed by atoms with Gasteiger partial charge < -0.3 is 0 Å². The zero-order valence-electron chi connectivity index (χ0n) is 23.3. The molecule has 5 rings (SSSR count). The van der Waals surface area contributed by atoms with Gasteiger partial charge in [0.05, 0.1) is 4.92 Å². The van der Waals surface area contributed by atoms with Crippen molar-refractivity contribution in [3.8, 4) is 0 Å². The van der Waals surface area contributed by atoms with Crippen LogP contribution in [-0.2, 0) is 7.05 Å².